The highest BCUT2D eigenvalue weighted by Gasteiger charge is 2.14. The molecule has 198 valence electrons. The lowest BCUT2D eigenvalue weighted by Crippen LogP contribution is -2.09. The molecule has 8 aromatic rings. The molecular weight excluding hydrogens is 527 g/mol. The summed E-state index contributed by atoms with van der Waals surface area (Å²) in [5, 5.41) is 5.30. The van der Waals surface area contributed by atoms with Crippen molar-refractivity contribution in [2.45, 2.75) is 0 Å². The van der Waals surface area contributed by atoms with Crippen LogP contribution >= 0.6 is 11.3 Å². The average molecular weight is 554 g/mol. The molecule has 0 aliphatic carbocycles. The van der Waals surface area contributed by atoms with Crippen molar-refractivity contribution in [3.63, 3.8) is 0 Å². The Labute approximate surface area is 249 Å². The van der Waals surface area contributed by atoms with Gasteiger partial charge >= 0.3 is 0 Å². The van der Waals surface area contributed by atoms with Gasteiger partial charge in [0.2, 0.25) is 0 Å². The Morgan fingerprint density at radius 2 is 0.881 bits per heavy atom. The van der Waals surface area contributed by atoms with Gasteiger partial charge in [0.1, 0.15) is 0 Å². The summed E-state index contributed by atoms with van der Waals surface area (Å²) in [6, 6.07) is 59.1. The third-order valence-corrected chi connectivity index (χ3v) is 9.20. The number of rotatable bonds is 5. The molecule has 0 amide bonds. The molecule has 2 heteroatoms. The van der Waals surface area contributed by atoms with E-state index in [1.54, 1.807) is 0 Å². The Kier molecular flexibility index (Phi) is 6.05. The van der Waals surface area contributed by atoms with Crippen molar-refractivity contribution >= 4 is 59.3 Å². The number of fused-ring (bicyclic) bond motifs is 5. The van der Waals surface area contributed by atoms with Gasteiger partial charge in [-0.25, -0.2) is 0 Å². The molecule has 0 bridgehead atoms. The van der Waals surface area contributed by atoms with Gasteiger partial charge in [-0.3, -0.25) is 0 Å². The maximum absolute atomic E-state index is 2.36. The molecule has 42 heavy (non-hydrogen) atoms. The van der Waals surface area contributed by atoms with Crippen molar-refractivity contribution in [1.82, 2.24) is 0 Å². The van der Waals surface area contributed by atoms with E-state index in [4.69, 9.17) is 0 Å². The Morgan fingerprint density at radius 3 is 1.60 bits per heavy atom. The number of para-hydroxylation sites is 1. The largest absolute Gasteiger partial charge is 0.311 e. The third kappa shape index (κ3) is 4.34. The fourth-order valence-corrected chi connectivity index (χ4v) is 7.11. The molecule has 0 spiro atoms. The van der Waals surface area contributed by atoms with Gasteiger partial charge in [0, 0.05) is 37.2 Å². The lowest BCUT2D eigenvalue weighted by Gasteiger charge is -2.26. The number of nitrogens with zero attached hydrogens (tertiary/aromatic N) is 1. The number of anilines is 3. The molecule has 0 saturated heterocycles. The molecular formula is C40H27NS. The first-order valence-corrected chi connectivity index (χ1v) is 15.1. The number of benzene rings is 7. The molecule has 1 nitrogen and oxygen atoms in total. The summed E-state index contributed by atoms with van der Waals surface area (Å²) in [6.45, 7) is 0. The van der Waals surface area contributed by atoms with Gasteiger partial charge < -0.3 is 4.90 Å². The zero-order chi connectivity index (χ0) is 27.9. The third-order valence-electron chi connectivity index (χ3n) is 8.07. The highest BCUT2D eigenvalue weighted by molar-refractivity contribution is 7.26. The predicted molar refractivity (Wildman–Crippen MR) is 182 cm³/mol. The maximum atomic E-state index is 2.36. The maximum Gasteiger partial charge on any atom is 0.0462 e. The molecule has 0 saturated carbocycles. The van der Waals surface area contributed by atoms with Crippen molar-refractivity contribution in [2.75, 3.05) is 4.90 Å². The summed E-state index contributed by atoms with van der Waals surface area (Å²) < 4.78 is 2.68. The van der Waals surface area contributed by atoms with E-state index in [0.29, 0.717) is 0 Å². The summed E-state index contributed by atoms with van der Waals surface area (Å²) in [5.41, 5.74) is 8.28. The Hall–Kier alpha value is -5.18. The zero-order valence-corrected chi connectivity index (χ0v) is 23.8. The fraction of sp³-hybridized carbons (Fsp3) is 0. The van der Waals surface area contributed by atoms with Crippen LogP contribution in [-0.2, 0) is 0 Å². The first kappa shape index (κ1) is 24.6. The molecule has 0 atom stereocenters. The van der Waals surface area contributed by atoms with Gasteiger partial charge in [0.15, 0.2) is 0 Å². The molecule has 1 aromatic heterocycles. The van der Waals surface area contributed by atoms with Crippen molar-refractivity contribution in [2.24, 2.45) is 0 Å². The minimum absolute atomic E-state index is 1.13. The average Bonchev–Trinajstić information content (AvgIpc) is 3.46. The Morgan fingerprint density at radius 1 is 0.357 bits per heavy atom. The van der Waals surface area contributed by atoms with E-state index in [2.05, 4.69) is 169 Å². The van der Waals surface area contributed by atoms with Gasteiger partial charge in [-0.05, 0) is 87.6 Å². The highest BCUT2D eigenvalue weighted by atomic mass is 32.1. The lowest BCUT2D eigenvalue weighted by atomic mass is 9.98. The van der Waals surface area contributed by atoms with Gasteiger partial charge in [-0.15, -0.1) is 11.3 Å². The van der Waals surface area contributed by atoms with Crippen LogP contribution in [0, 0.1) is 0 Å². The van der Waals surface area contributed by atoms with Crippen LogP contribution in [0.4, 0.5) is 17.1 Å². The van der Waals surface area contributed by atoms with Gasteiger partial charge in [-0.1, -0.05) is 109 Å². The molecule has 0 aliphatic rings. The SMILES string of the molecule is c1ccc(-c2ccc(N(c3ccccc3)c3ccc(-c4ccc5ccc6sc7ccccc7c6c5c4)cc3)cc2)cc1. The topological polar surface area (TPSA) is 3.24 Å². The van der Waals surface area contributed by atoms with Crippen LogP contribution in [0.1, 0.15) is 0 Å². The minimum Gasteiger partial charge on any atom is -0.311 e. The van der Waals surface area contributed by atoms with Crippen LogP contribution in [0.25, 0.3) is 53.2 Å². The smallest absolute Gasteiger partial charge is 0.0462 e. The van der Waals surface area contributed by atoms with E-state index >= 15 is 0 Å². The molecule has 0 unspecified atom stereocenters. The van der Waals surface area contributed by atoms with Gasteiger partial charge in [0.25, 0.3) is 0 Å². The van der Waals surface area contributed by atoms with Crippen LogP contribution in [-0.4, -0.2) is 0 Å². The van der Waals surface area contributed by atoms with Crippen molar-refractivity contribution in [1.29, 1.82) is 0 Å². The lowest BCUT2D eigenvalue weighted by molar-refractivity contribution is 1.28. The first-order chi connectivity index (χ1) is 20.8. The van der Waals surface area contributed by atoms with Crippen LogP contribution in [0.5, 0.6) is 0 Å². The minimum atomic E-state index is 1.13. The van der Waals surface area contributed by atoms with Gasteiger partial charge in [-0.2, -0.15) is 0 Å². The van der Waals surface area contributed by atoms with Crippen LogP contribution in [0.2, 0.25) is 0 Å². The normalized spacial score (nSPS) is 11.3. The predicted octanol–water partition coefficient (Wildman–Crippen LogP) is 12.0. The molecule has 8 rings (SSSR count). The summed E-state index contributed by atoms with van der Waals surface area (Å²) in [5.74, 6) is 0. The summed E-state index contributed by atoms with van der Waals surface area (Å²) in [4.78, 5) is 2.32. The van der Waals surface area contributed by atoms with E-state index in [9.17, 15) is 0 Å². The molecule has 7 aromatic carbocycles. The number of thiophene rings is 1. The zero-order valence-electron chi connectivity index (χ0n) is 22.9. The summed E-state index contributed by atoms with van der Waals surface area (Å²) in [6.07, 6.45) is 0. The second kappa shape index (κ2) is 10.3. The fourth-order valence-electron chi connectivity index (χ4n) is 5.98. The van der Waals surface area contributed by atoms with Crippen LogP contribution < -0.4 is 4.90 Å². The number of hydrogen-bond donors (Lipinski definition) is 0. The highest BCUT2D eigenvalue weighted by Crippen LogP contribution is 2.40. The second-order valence-corrected chi connectivity index (χ2v) is 11.7. The summed E-state index contributed by atoms with van der Waals surface area (Å²) in [7, 11) is 0. The van der Waals surface area contributed by atoms with Crippen molar-refractivity contribution in [3.05, 3.63) is 164 Å². The molecule has 0 N–H and O–H groups in total. The van der Waals surface area contributed by atoms with E-state index in [0.717, 1.165) is 17.1 Å². The first-order valence-electron chi connectivity index (χ1n) is 14.3. The standard InChI is InChI=1S/C40H27NS/c1-3-9-28(10-4-1)29-17-22-34(23-18-29)41(33-11-5-2-6-12-33)35-24-19-30(20-25-35)32-16-15-31-21-26-39-40(37(31)27-32)36-13-7-8-14-38(36)42-39/h1-27H. The Bertz CT molecular complexity index is 2160. The monoisotopic (exact) mass is 553 g/mol. The number of hydrogen-bond acceptors (Lipinski definition) is 2. The van der Waals surface area contributed by atoms with E-state index in [-0.39, 0.29) is 0 Å². The Balaban J connectivity index is 1.19. The quantitative estimate of drug-likeness (QED) is 0.205. The molecule has 1 heterocycles. The second-order valence-electron chi connectivity index (χ2n) is 10.6. The summed E-state index contributed by atoms with van der Waals surface area (Å²) >= 11 is 1.87. The van der Waals surface area contributed by atoms with Crippen LogP contribution in [0.15, 0.2) is 164 Å². The van der Waals surface area contributed by atoms with E-state index in [1.807, 2.05) is 11.3 Å². The van der Waals surface area contributed by atoms with E-state index < -0.39 is 0 Å². The molecule has 0 aliphatic heterocycles. The van der Waals surface area contributed by atoms with Gasteiger partial charge in [0.05, 0.1) is 0 Å². The van der Waals surface area contributed by atoms with Crippen molar-refractivity contribution < 1.29 is 0 Å². The van der Waals surface area contributed by atoms with Crippen molar-refractivity contribution in [3.8, 4) is 22.3 Å². The molecule has 0 fully saturated rings. The molecule has 0 radical (unpaired) electrons. The van der Waals surface area contributed by atoms with E-state index in [1.165, 1.54) is 53.2 Å². The van der Waals surface area contributed by atoms with Crippen LogP contribution in [0.3, 0.4) is 0 Å².